The molecule has 0 saturated heterocycles. The number of aromatic nitrogens is 1. The minimum absolute atomic E-state index is 0.151. The van der Waals surface area contributed by atoms with Crippen molar-refractivity contribution in [1.82, 2.24) is 9.58 Å². The van der Waals surface area contributed by atoms with Crippen molar-refractivity contribution in [2.45, 2.75) is 25.6 Å². The molecule has 10 heteroatoms. The molecule has 0 aliphatic carbocycles. The lowest BCUT2D eigenvalue weighted by Gasteiger charge is -2.30. The van der Waals surface area contributed by atoms with Crippen molar-refractivity contribution in [2.75, 3.05) is 12.0 Å². The van der Waals surface area contributed by atoms with E-state index in [1.54, 1.807) is 70.2 Å². The summed E-state index contributed by atoms with van der Waals surface area (Å²) in [5.41, 5.74) is 12.1. The topological polar surface area (TPSA) is 144 Å². The van der Waals surface area contributed by atoms with Crippen LogP contribution in [-0.4, -0.2) is 51.0 Å². The Bertz CT molecular complexity index is 1570. The van der Waals surface area contributed by atoms with E-state index in [1.165, 1.54) is 0 Å². The maximum Gasteiger partial charge on any atom is 0.323 e. The Balaban J connectivity index is 1.47. The number of fused-ring (bicyclic) bond motifs is 3. The van der Waals surface area contributed by atoms with E-state index in [1.807, 2.05) is 24.3 Å². The Labute approximate surface area is 229 Å². The van der Waals surface area contributed by atoms with Crippen LogP contribution < -0.4 is 11.2 Å². The Hall–Kier alpha value is -5.12. The molecule has 0 spiro atoms. The molecule has 204 valence electrons. The quantitative estimate of drug-likeness (QED) is 0.219. The fourth-order valence-electron chi connectivity index (χ4n) is 5.03. The molecule has 40 heavy (non-hydrogen) atoms. The third-order valence-corrected chi connectivity index (χ3v) is 7.02. The molecule has 1 aliphatic heterocycles. The molecule has 1 aliphatic rings. The molecule has 4 aromatic rings. The van der Waals surface area contributed by atoms with Gasteiger partial charge in [-0.1, -0.05) is 66.7 Å². The lowest BCUT2D eigenvalue weighted by Crippen LogP contribution is -2.51. The zero-order valence-electron chi connectivity index (χ0n) is 21.5. The van der Waals surface area contributed by atoms with Gasteiger partial charge in [0.05, 0.1) is 17.8 Å². The second-order valence-electron chi connectivity index (χ2n) is 9.54. The number of esters is 1. The summed E-state index contributed by atoms with van der Waals surface area (Å²) in [6.45, 7) is 0.525. The van der Waals surface area contributed by atoms with E-state index < -0.39 is 29.8 Å². The molecule has 2 heterocycles. The summed E-state index contributed by atoms with van der Waals surface area (Å²) in [5.74, 6) is -5.76. The van der Waals surface area contributed by atoms with Crippen molar-refractivity contribution in [3.8, 4) is 0 Å². The Morgan fingerprint density at radius 3 is 2.25 bits per heavy atom. The zero-order valence-corrected chi connectivity index (χ0v) is 21.5. The smallest absolute Gasteiger partial charge is 0.323 e. The molecule has 0 radical (unpaired) electrons. The Morgan fingerprint density at radius 2 is 1.57 bits per heavy atom. The van der Waals surface area contributed by atoms with Crippen molar-refractivity contribution in [2.24, 2.45) is 11.7 Å². The predicted molar refractivity (Wildman–Crippen MR) is 147 cm³/mol. The molecule has 0 fully saturated rings. The first-order valence-electron chi connectivity index (χ1n) is 12.8. The molecule has 1 aromatic heterocycles. The number of aliphatic carboxylic acids is 1. The lowest BCUT2D eigenvalue weighted by molar-refractivity contribution is -0.161. The van der Waals surface area contributed by atoms with Gasteiger partial charge in [0.15, 0.2) is 5.92 Å². The first kappa shape index (κ1) is 26.5. The fraction of sp³-hybridized carbons (Fsp3) is 0.200. The summed E-state index contributed by atoms with van der Waals surface area (Å²) in [6.07, 6.45) is 0.547. The number of carboxylic acid groups (broad SMARTS) is 1. The number of amides is 2. The van der Waals surface area contributed by atoms with Crippen LogP contribution in [0.4, 0.5) is 0 Å². The van der Waals surface area contributed by atoms with Gasteiger partial charge < -0.3 is 25.9 Å². The zero-order chi connectivity index (χ0) is 28.2. The molecular weight excluding hydrogens is 512 g/mol. The molecule has 0 bridgehead atoms. The number of benzene rings is 3. The summed E-state index contributed by atoms with van der Waals surface area (Å²) in [7, 11) is 0. The molecule has 2 amide bonds. The summed E-state index contributed by atoms with van der Waals surface area (Å²) in [5, 5.41) is 10.9. The summed E-state index contributed by atoms with van der Waals surface area (Å²) in [4.78, 5) is 52.8. The summed E-state index contributed by atoms with van der Waals surface area (Å²) >= 11 is 0. The second kappa shape index (κ2) is 11.3. The number of nitrogens with one attached hydrogen (secondary N) is 1. The van der Waals surface area contributed by atoms with Crippen LogP contribution in [0.2, 0.25) is 0 Å². The van der Waals surface area contributed by atoms with E-state index in [0.29, 0.717) is 35.3 Å². The molecule has 3 aromatic carbocycles. The van der Waals surface area contributed by atoms with Crippen molar-refractivity contribution in [3.63, 3.8) is 0 Å². The first-order chi connectivity index (χ1) is 19.3. The van der Waals surface area contributed by atoms with E-state index in [0.717, 1.165) is 10.9 Å². The number of para-hydroxylation sites is 1. The van der Waals surface area contributed by atoms with Crippen LogP contribution in [0.15, 0.2) is 84.9 Å². The van der Waals surface area contributed by atoms with Gasteiger partial charge in [0.1, 0.15) is 12.6 Å². The highest BCUT2D eigenvalue weighted by Gasteiger charge is 2.41. The van der Waals surface area contributed by atoms with Crippen LogP contribution in [0.3, 0.4) is 0 Å². The Kier molecular flexibility index (Phi) is 7.50. The average Bonchev–Trinajstić information content (AvgIpc) is 3.28. The molecule has 0 unspecified atom stereocenters. The number of carboxylic acids is 1. The summed E-state index contributed by atoms with van der Waals surface area (Å²) in [6, 6.07) is 23.5. The normalized spacial score (nSPS) is 14.2. The van der Waals surface area contributed by atoms with E-state index in [4.69, 9.17) is 10.5 Å². The van der Waals surface area contributed by atoms with Gasteiger partial charge >= 0.3 is 11.9 Å². The van der Waals surface area contributed by atoms with E-state index in [9.17, 15) is 24.3 Å². The van der Waals surface area contributed by atoms with Gasteiger partial charge in [-0.05, 0) is 35.7 Å². The number of hydrogen-bond acceptors (Lipinski definition) is 6. The third kappa shape index (κ3) is 5.24. The fourth-order valence-corrected chi connectivity index (χ4v) is 5.03. The van der Waals surface area contributed by atoms with Crippen LogP contribution in [0.25, 0.3) is 10.9 Å². The van der Waals surface area contributed by atoms with Gasteiger partial charge in [0, 0.05) is 17.5 Å². The molecule has 2 atom stereocenters. The van der Waals surface area contributed by atoms with Crippen LogP contribution in [0, 0.1) is 5.92 Å². The van der Waals surface area contributed by atoms with Crippen LogP contribution >= 0.6 is 0 Å². The maximum absolute atomic E-state index is 13.2. The SMILES string of the molecule is NC(=O)[C@@H](Nn1c2c(c3ccccc31)CCN(C(=O)c1ccccc1)C2)[C@H](C(=O)O)C(=O)OCc1ccccc1. The number of rotatable bonds is 9. The van der Waals surface area contributed by atoms with Crippen LogP contribution in [0.5, 0.6) is 0 Å². The lowest BCUT2D eigenvalue weighted by atomic mass is 10.00. The van der Waals surface area contributed by atoms with Crippen molar-refractivity contribution in [3.05, 3.63) is 107 Å². The van der Waals surface area contributed by atoms with E-state index in [2.05, 4.69) is 5.43 Å². The van der Waals surface area contributed by atoms with Crippen molar-refractivity contribution in [1.29, 1.82) is 0 Å². The van der Waals surface area contributed by atoms with E-state index >= 15 is 0 Å². The number of hydrogen-bond donors (Lipinski definition) is 3. The Morgan fingerprint density at radius 1 is 0.925 bits per heavy atom. The third-order valence-electron chi connectivity index (χ3n) is 7.02. The van der Waals surface area contributed by atoms with Gasteiger partial charge in [0.2, 0.25) is 5.91 Å². The largest absolute Gasteiger partial charge is 0.481 e. The van der Waals surface area contributed by atoms with E-state index in [-0.39, 0.29) is 19.1 Å². The predicted octanol–water partition coefficient (Wildman–Crippen LogP) is 2.68. The molecular formula is C30H28N4O6. The monoisotopic (exact) mass is 540 g/mol. The maximum atomic E-state index is 13.2. The van der Waals surface area contributed by atoms with Crippen molar-refractivity contribution < 1.29 is 29.0 Å². The number of ether oxygens (including phenoxy) is 1. The average molecular weight is 541 g/mol. The number of carbonyl (C=O) groups excluding carboxylic acids is 3. The van der Waals surface area contributed by atoms with Gasteiger partial charge in [-0.15, -0.1) is 0 Å². The molecule has 4 N–H and O–H groups in total. The van der Waals surface area contributed by atoms with Gasteiger partial charge in [0.25, 0.3) is 5.91 Å². The first-order valence-corrected chi connectivity index (χ1v) is 12.8. The van der Waals surface area contributed by atoms with Gasteiger partial charge in [-0.3, -0.25) is 23.9 Å². The number of carbonyl (C=O) groups is 4. The van der Waals surface area contributed by atoms with Gasteiger partial charge in [-0.25, -0.2) is 0 Å². The molecule has 10 nitrogen and oxygen atoms in total. The molecule has 0 saturated carbocycles. The highest BCUT2D eigenvalue weighted by Crippen LogP contribution is 2.31. The number of nitrogens with zero attached hydrogens (tertiary/aromatic N) is 2. The highest BCUT2D eigenvalue weighted by molar-refractivity contribution is 6.01. The molecule has 5 rings (SSSR count). The minimum atomic E-state index is -1.91. The second-order valence-corrected chi connectivity index (χ2v) is 9.54. The summed E-state index contributed by atoms with van der Waals surface area (Å²) < 4.78 is 6.84. The number of primary amides is 1. The minimum Gasteiger partial charge on any atom is -0.481 e. The standard InChI is InChI=1S/C30H28N4O6/c31-27(35)26(25(29(37)38)30(39)40-18-19-9-3-1-4-10-19)32-34-23-14-8-7-13-21(23)22-15-16-33(17-24(22)34)28(36)20-11-5-2-6-12-20/h1-14,25-26,32H,15-18H2,(H2,31,35)(H,37,38)/t25-,26+/m1/s1. The van der Waals surface area contributed by atoms with Gasteiger partial charge in [-0.2, -0.15) is 0 Å². The number of nitrogens with two attached hydrogens (primary N) is 1. The van der Waals surface area contributed by atoms with Crippen molar-refractivity contribution >= 4 is 34.7 Å². The van der Waals surface area contributed by atoms with Crippen LogP contribution in [-0.2, 0) is 38.7 Å². The van der Waals surface area contributed by atoms with Crippen LogP contribution in [0.1, 0.15) is 27.2 Å². The highest BCUT2D eigenvalue weighted by atomic mass is 16.5.